The van der Waals surface area contributed by atoms with Crippen molar-refractivity contribution in [3.05, 3.63) is 36.4 Å². The summed E-state index contributed by atoms with van der Waals surface area (Å²) < 4.78 is 32.2. The van der Waals surface area contributed by atoms with Crippen LogP contribution in [0.1, 0.15) is 6.92 Å². The van der Waals surface area contributed by atoms with Crippen molar-refractivity contribution in [2.45, 2.75) is 17.9 Å². The van der Waals surface area contributed by atoms with Crippen molar-refractivity contribution in [1.82, 2.24) is 4.72 Å². The van der Waals surface area contributed by atoms with E-state index in [1.165, 1.54) is 13.0 Å². The van der Waals surface area contributed by atoms with Crippen LogP contribution in [0.4, 0.5) is 0 Å². The molecule has 0 aromatic heterocycles. The Balaban J connectivity index is 2.55. The molecule has 6 heteroatoms. The average Bonchev–Trinajstić information content (AvgIpc) is 2.44. The van der Waals surface area contributed by atoms with Crippen LogP contribution in [-0.2, 0) is 10.0 Å². The van der Waals surface area contributed by atoms with Crippen molar-refractivity contribution in [2.75, 3.05) is 13.7 Å². The largest absolute Gasteiger partial charge is 0.496 e. The van der Waals surface area contributed by atoms with Gasteiger partial charge >= 0.3 is 0 Å². The van der Waals surface area contributed by atoms with Gasteiger partial charge in [-0.25, -0.2) is 13.1 Å². The Kier molecular flexibility index (Phi) is 4.27. The first-order chi connectivity index (χ1) is 9.45. The number of hydrogen-bond acceptors (Lipinski definition) is 4. The number of fused-ring (bicyclic) bond motifs is 1. The van der Waals surface area contributed by atoms with Crippen LogP contribution in [0.3, 0.4) is 0 Å². The third-order valence-corrected chi connectivity index (χ3v) is 4.40. The average molecular weight is 295 g/mol. The minimum absolute atomic E-state index is 0.0251. The molecule has 1 atom stereocenters. The third kappa shape index (κ3) is 2.92. The molecule has 0 spiro atoms. The summed E-state index contributed by atoms with van der Waals surface area (Å²) in [6, 6.07) is 10.3. The first kappa shape index (κ1) is 14.8. The van der Waals surface area contributed by atoms with Gasteiger partial charge in [0.2, 0.25) is 10.0 Å². The summed E-state index contributed by atoms with van der Waals surface area (Å²) in [7, 11) is -2.13. The highest BCUT2D eigenvalue weighted by atomic mass is 32.2. The molecule has 5 nitrogen and oxygen atoms in total. The molecular formula is C14H17NO4S. The van der Waals surface area contributed by atoms with Crippen LogP contribution in [-0.4, -0.2) is 33.3 Å². The highest BCUT2D eigenvalue weighted by Gasteiger charge is 2.19. The Morgan fingerprint density at radius 2 is 1.85 bits per heavy atom. The lowest BCUT2D eigenvalue weighted by Crippen LogP contribution is -2.30. The number of sulfonamides is 1. The molecule has 108 valence electrons. The summed E-state index contributed by atoms with van der Waals surface area (Å²) in [6.45, 7) is 1.50. The number of aliphatic hydroxyl groups excluding tert-OH is 1. The molecule has 0 fully saturated rings. The standard InChI is InChI=1S/C14H17NO4S/c1-10(16)9-15-20(17,18)14-8-7-13(19-2)11-5-3-4-6-12(11)14/h3-8,10,15-16H,9H2,1-2H3/t10-/m0/s1. The maximum absolute atomic E-state index is 12.3. The van der Waals surface area contributed by atoms with Crippen molar-refractivity contribution in [2.24, 2.45) is 0 Å². The number of hydrogen-bond donors (Lipinski definition) is 2. The predicted octanol–water partition coefficient (Wildman–Crippen LogP) is 1.51. The second-order valence-electron chi connectivity index (χ2n) is 4.51. The van der Waals surface area contributed by atoms with E-state index in [9.17, 15) is 13.5 Å². The van der Waals surface area contributed by atoms with Gasteiger partial charge in [0.25, 0.3) is 0 Å². The summed E-state index contributed by atoms with van der Waals surface area (Å²) in [4.78, 5) is 0.176. The molecule has 0 aliphatic carbocycles. The van der Waals surface area contributed by atoms with Crippen molar-refractivity contribution < 1.29 is 18.3 Å². The summed E-state index contributed by atoms with van der Waals surface area (Å²) >= 11 is 0. The van der Waals surface area contributed by atoms with Crippen LogP contribution < -0.4 is 9.46 Å². The Bertz CT molecular complexity index is 710. The lowest BCUT2D eigenvalue weighted by Gasteiger charge is -2.12. The molecule has 0 bridgehead atoms. The molecule has 0 heterocycles. The number of benzene rings is 2. The van der Waals surface area contributed by atoms with E-state index in [2.05, 4.69) is 4.72 Å². The van der Waals surface area contributed by atoms with Crippen LogP contribution in [0, 0.1) is 0 Å². The third-order valence-electron chi connectivity index (χ3n) is 2.92. The number of nitrogens with one attached hydrogen (secondary N) is 1. The van der Waals surface area contributed by atoms with E-state index in [0.717, 1.165) is 5.39 Å². The minimum Gasteiger partial charge on any atom is -0.496 e. The normalized spacial score (nSPS) is 13.3. The van der Waals surface area contributed by atoms with E-state index in [1.807, 2.05) is 12.1 Å². The molecule has 2 N–H and O–H groups in total. The first-order valence-electron chi connectivity index (χ1n) is 6.19. The molecule has 0 saturated carbocycles. The monoisotopic (exact) mass is 295 g/mol. The van der Waals surface area contributed by atoms with Crippen molar-refractivity contribution in [3.8, 4) is 5.75 Å². The van der Waals surface area contributed by atoms with Crippen molar-refractivity contribution in [3.63, 3.8) is 0 Å². The zero-order valence-corrected chi connectivity index (χ0v) is 12.1. The van der Waals surface area contributed by atoms with Crippen LogP contribution >= 0.6 is 0 Å². The SMILES string of the molecule is COc1ccc(S(=O)(=O)NC[C@H](C)O)c2ccccc12. The molecule has 0 amide bonds. The smallest absolute Gasteiger partial charge is 0.241 e. The lowest BCUT2D eigenvalue weighted by molar-refractivity contribution is 0.198. The van der Waals surface area contributed by atoms with Crippen molar-refractivity contribution in [1.29, 1.82) is 0 Å². The van der Waals surface area contributed by atoms with Gasteiger partial charge < -0.3 is 9.84 Å². The highest BCUT2D eigenvalue weighted by molar-refractivity contribution is 7.89. The van der Waals surface area contributed by atoms with Crippen LogP contribution in [0.5, 0.6) is 5.75 Å². The number of ether oxygens (including phenoxy) is 1. The fourth-order valence-corrected chi connectivity index (χ4v) is 3.29. The van der Waals surface area contributed by atoms with Gasteiger partial charge in [-0.2, -0.15) is 0 Å². The van der Waals surface area contributed by atoms with Gasteiger partial charge in [0.1, 0.15) is 5.75 Å². The molecule has 0 aliphatic rings. The number of rotatable bonds is 5. The second-order valence-corrected chi connectivity index (χ2v) is 6.25. The minimum atomic E-state index is -3.67. The van der Waals surface area contributed by atoms with Gasteiger partial charge in [-0.15, -0.1) is 0 Å². The Labute approximate surface area is 118 Å². The Morgan fingerprint density at radius 1 is 1.20 bits per heavy atom. The zero-order valence-electron chi connectivity index (χ0n) is 11.3. The van der Waals surface area contributed by atoms with Gasteiger partial charge in [-0.1, -0.05) is 24.3 Å². The van der Waals surface area contributed by atoms with E-state index in [4.69, 9.17) is 4.74 Å². The Hall–Kier alpha value is -1.63. The quantitative estimate of drug-likeness (QED) is 0.876. The van der Waals surface area contributed by atoms with Gasteiger partial charge in [-0.05, 0) is 19.1 Å². The van der Waals surface area contributed by atoms with Gasteiger partial charge in [-0.3, -0.25) is 0 Å². The maximum atomic E-state index is 12.3. The molecule has 0 saturated heterocycles. The van der Waals surface area contributed by atoms with Gasteiger partial charge in [0, 0.05) is 17.3 Å². The van der Waals surface area contributed by atoms with E-state index >= 15 is 0 Å². The van der Waals surface area contributed by atoms with Gasteiger partial charge in [0.15, 0.2) is 0 Å². The molecule has 0 aliphatic heterocycles. The first-order valence-corrected chi connectivity index (χ1v) is 7.67. The fourth-order valence-electron chi connectivity index (χ4n) is 1.96. The van der Waals surface area contributed by atoms with E-state index < -0.39 is 16.1 Å². The molecule has 0 radical (unpaired) electrons. The molecule has 2 aromatic carbocycles. The van der Waals surface area contributed by atoms with E-state index in [1.54, 1.807) is 25.3 Å². The zero-order chi connectivity index (χ0) is 14.8. The maximum Gasteiger partial charge on any atom is 0.241 e. The van der Waals surface area contributed by atoms with Crippen LogP contribution in [0.25, 0.3) is 10.8 Å². The van der Waals surface area contributed by atoms with Crippen LogP contribution in [0.2, 0.25) is 0 Å². The van der Waals surface area contributed by atoms with E-state index in [0.29, 0.717) is 11.1 Å². The van der Waals surface area contributed by atoms with Crippen LogP contribution in [0.15, 0.2) is 41.3 Å². The van der Waals surface area contributed by atoms with Crippen molar-refractivity contribution >= 4 is 20.8 Å². The summed E-state index contributed by atoms with van der Waals surface area (Å²) in [5, 5.41) is 10.5. The van der Waals surface area contributed by atoms with E-state index in [-0.39, 0.29) is 11.4 Å². The summed E-state index contributed by atoms with van der Waals surface area (Å²) in [6.07, 6.45) is -0.741. The van der Waals surface area contributed by atoms with Gasteiger partial charge in [0.05, 0.1) is 18.1 Å². The number of aliphatic hydroxyl groups is 1. The number of methoxy groups -OCH3 is 1. The molecule has 2 aromatic rings. The fraction of sp³-hybridized carbons (Fsp3) is 0.286. The lowest BCUT2D eigenvalue weighted by atomic mass is 10.1. The molecule has 2 rings (SSSR count). The summed E-state index contributed by atoms with van der Waals surface area (Å²) in [5.41, 5.74) is 0. The molecular weight excluding hydrogens is 278 g/mol. The summed E-state index contributed by atoms with van der Waals surface area (Å²) in [5.74, 6) is 0.620. The highest BCUT2D eigenvalue weighted by Crippen LogP contribution is 2.30. The second kappa shape index (κ2) is 5.78. The predicted molar refractivity (Wildman–Crippen MR) is 77.4 cm³/mol. The molecule has 20 heavy (non-hydrogen) atoms. The molecule has 0 unspecified atom stereocenters. The topological polar surface area (TPSA) is 75.6 Å². The Morgan fingerprint density at radius 3 is 2.45 bits per heavy atom.